The van der Waals surface area contributed by atoms with Gasteiger partial charge in [0.25, 0.3) is 5.91 Å². The Labute approximate surface area is 142 Å². The third kappa shape index (κ3) is 4.40. The number of hydrogen-bond donors (Lipinski definition) is 1. The molecular formula is C18H26N2O4. The number of likely N-dealkylation sites (tertiary alicyclic amines) is 1. The van der Waals surface area contributed by atoms with Gasteiger partial charge in [0.15, 0.2) is 11.5 Å². The summed E-state index contributed by atoms with van der Waals surface area (Å²) in [7, 11) is 1.56. The van der Waals surface area contributed by atoms with E-state index in [0.29, 0.717) is 49.6 Å². The number of rotatable bonds is 7. The fraction of sp³-hybridized carbons (Fsp3) is 0.556. The van der Waals surface area contributed by atoms with Crippen molar-refractivity contribution in [2.24, 2.45) is 11.7 Å². The second kappa shape index (κ2) is 8.57. The van der Waals surface area contributed by atoms with Crippen LogP contribution in [0.25, 0.3) is 0 Å². The average molecular weight is 334 g/mol. The zero-order valence-corrected chi connectivity index (χ0v) is 14.4. The van der Waals surface area contributed by atoms with Crippen LogP contribution < -0.4 is 15.2 Å². The molecule has 2 rings (SSSR count). The number of benzene rings is 1. The molecule has 1 heterocycles. The van der Waals surface area contributed by atoms with Crippen LogP contribution in [0.3, 0.4) is 0 Å². The van der Waals surface area contributed by atoms with Crippen LogP contribution in [0.2, 0.25) is 0 Å². The van der Waals surface area contributed by atoms with E-state index in [1.165, 1.54) is 0 Å². The lowest BCUT2D eigenvalue weighted by atomic mass is 9.96. The largest absolute Gasteiger partial charge is 0.493 e. The van der Waals surface area contributed by atoms with Crippen molar-refractivity contribution < 1.29 is 19.1 Å². The molecule has 0 aliphatic carbocycles. The third-order valence-corrected chi connectivity index (χ3v) is 4.35. The molecule has 1 saturated heterocycles. The Morgan fingerprint density at radius 2 is 1.96 bits per heavy atom. The highest BCUT2D eigenvalue weighted by Gasteiger charge is 2.26. The maximum atomic E-state index is 12.6. The molecule has 1 aromatic carbocycles. The van der Waals surface area contributed by atoms with Gasteiger partial charge < -0.3 is 20.1 Å². The molecule has 6 nitrogen and oxygen atoms in total. The summed E-state index contributed by atoms with van der Waals surface area (Å²) in [5.41, 5.74) is 5.89. The Morgan fingerprint density at radius 1 is 1.25 bits per heavy atom. The van der Waals surface area contributed by atoms with Crippen molar-refractivity contribution in [3.8, 4) is 11.5 Å². The van der Waals surface area contributed by atoms with Crippen LogP contribution in [0.1, 0.15) is 43.0 Å². The molecule has 24 heavy (non-hydrogen) atoms. The second-order valence-electron chi connectivity index (χ2n) is 6.04. The molecule has 1 aromatic rings. The van der Waals surface area contributed by atoms with Gasteiger partial charge in [-0.15, -0.1) is 0 Å². The lowest BCUT2D eigenvalue weighted by molar-refractivity contribution is -0.123. The van der Waals surface area contributed by atoms with Gasteiger partial charge >= 0.3 is 0 Å². The van der Waals surface area contributed by atoms with Gasteiger partial charge in [-0.1, -0.05) is 13.3 Å². The summed E-state index contributed by atoms with van der Waals surface area (Å²) in [5.74, 6) is 0.741. The number of nitrogens with two attached hydrogens (primary N) is 1. The van der Waals surface area contributed by atoms with Crippen LogP contribution >= 0.6 is 0 Å². The number of ether oxygens (including phenoxy) is 2. The van der Waals surface area contributed by atoms with E-state index >= 15 is 0 Å². The van der Waals surface area contributed by atoms with E-state index < -0.39 is 0 Å². The van der Waals surface area contributed by atoms with E-state index in [1.54, 1.807) is 30.2 Å². The summed E-state index contributed by atoms with van der Waals surface area (Å²) < 4.78 is 11.0. The van der Waals surface area contributed by atoms with E-state index in [9.17, 15) is 9.59 Å². The topological polar surface area (TPSA) is 81.9 Å². The van der Waals surface area contributed by atoms with E-state index in [-0.39, 0.29) is 17.7 Å². The van der Waals surface area contributed by atoms with Crippen LogP contribution in [-0.4, -0.2) is 43.5 Å². The van der Waals surface area contributed by atoms with Crippen molar-refractivity contribution in [2.75, 3.05) is 26.8 Å². The molecule has 0 unspecified atom stereocenters. The maximum absolute atomic E-state index is 12.6. The van der Waals surface area contributed by atoms with Crippen molar-refractivity contribution in [3.63, 3.8) is 0 Å². The molecule has 1 aliphatic rings. The summed E-state index contributed by atoms with van der Waals surface area (Å²) in [6.07, 6.45) is 3.27. The molecule has 132 valence electrons. The van der Waals surface area contributed by atoms with Crippen LogP contribution in [-0.2, 0) is 4.79 Å². The van der Waals surface area contributed by atoms with E-state index in [0.717, 1.165) is 12.8 Å². The molecule has 0 bridgehead atoms. The molecule has 1 aliphatic heterocycles. The van der Waals surface area contributed by atoms with Crippen LogP contribution in [0.5, 0.6) is 11.5 Å². The number of hydrogen-bond acceptors (Lipinski definition) is 4. The molecule has 0 aromatic heterocycles. The quantitative estimate of drug-likeness (QED) is 0.775. The molecular weight excluding hydrogens is 308 g/mol. The van der Waals surface area contributed by atoms with Gasteiger partial charge in [0.2, 0.25) is 5.91 Å². The lowest BCUT2D eigenvalue weighted by Crippen LogP contribution is -2.41. The zero-order chi connectivity index (χ0) is 17.5. The number of amides is 2. The smallest absolute Gasteiger partial charge is 0.253 e. The number of carbonyl (C=O) groups excluding carboxylic acids is 2. The van der Waals surface area contributed by atoms with Crippen LogP contribution in [0, 0.1) is 5.92 Å². The molecule has 2 N–H and O–H groups in total. The number of primary amides is 1. The highest BCUT2D eigenvalue weighted by atomic mass is 16.5. The van der Waals surface area contributed by atoms with E-state index in [4.69, 9.17) is 15.2 Å². The minimum absolute atomic E-state index is 0.0590. The predicted octanol–water partition coefficient (Wildman–Crippen LogP) is 2.21. The summed E-state index contributed by atoms with van der Waals surface area (Å²) >= 11 is 0. The first-order valence-corrected chi connectivity index (χ1v) is 8.46. The monoisotopic (exact) mass is 334 g/mol. The van der Waals surface area contributed by atoms with Gasteiger partial charge in [0.05, 0.1) is 13.7 Å². The first kappa shape index (κ1) is 18.1. The highest BCUT2D eigenvalue weighted by Crippen LogP contribution is 2.29. The van der Waals surface area contributed by atoms with Crippen molar-refractivity contribution >= 4 is 11.8 Å². The summed E-state index contributed by atoms with van der Waals surface area (Å²) in [4.78, 5) is 25.6. The number of carbonyl (C=O) groups is 2. The van der Waals surface area contributed by atoms with Crippen molar-refractivity contribution in [2.45, 2.75) is 32.6 Å². The normalized spacial score (nSPS) is 15.2. The van der Waals surface area contributed by atoms with Crippen molar-refractivity contribution in [1.82, 2.24) is 4.90 Å². The van der Waals surface area contributed by atoms with Gasteiger partial charge in [0, 0.05) is 24.6 Å². The fourth-order valence-electron chi connectivity index (χ4n) is 2.80. The first-order chi connectivity index (χ1) is 11.6. The van der Waals surface area contributed by atoms with Gasteiger partial charge in [0.1, 0.15) is 0 Å². The van der Waals surface area contributed by atoms with E-state index in [2.05, 4.69) is 6.92 Å². The lowest BCUT2D eigenvalue weighted by Gasteiger charge is -2.30. The number of unbranched alkanes of at least 4 members (excludes halogenated alkanes) is 1. The van der Waals surface area contributed by atoms with Gasteiger partial charge in [-0.05, 0) is 37.5 Å². The second-order valence-corrected chi connectivity index (χ2v) is 6.04. The zero-order valence-electron chi connectivity index (χ0n) is 14.4. The SMILES string of the molecule is CCCCOc1ccc(C(=O)N2CCC(C(N)=O)CC2)cc1OC. The van der Waals surface area contributed by atoms with Gasteiger partial charge in [-0.3, -0.25) is 9.59 Å². The summed E-state index contributed by atoms with van der Waals surface area (Å²) in [6.45, 7) is 3.82. The molecule has 1 fully saturated rings. The number of methoxy groups -OCH3 is 1. The Hall–Kier alpha value is -2.24. The van der Waals surface area contributed by atoms with Crippen LogP contribution in [0.4, 0.5) is 0 Å². The van der Waals surface area contributed by atoms with Gasteiger partial charge in [-0.25, -0.2) is 0 Å². The first-order valence-electron chi connectivity index (χ1n) is 8.46. The van der Waals surface area contributed by atoms with Crippen molar-refractivity contribution in [3.05, 3.63) is 23.8 Å². The minimum Gasteiger partial charge on any atom is -0.493 e. The Bertz CT molecular complexity index is 580. The van der Waals surface area contributed by atoms with Crippen LogP contribution in [0.15, 0.2) is 18.2 Å². The molecule has 0 radical (unpaired) electrons. The highest BCUT2D eigenvalue weighted by molar-refractivity contribution is 5.95. The number of nitrogens with zero attached hydrogens (tertiary/aromatic N) is 1. The standard InChI is InChI=1S/C18H26N2O4/c1-3-4-11-24-15-6-5-14(12-16(15)23-2)18(22)20-9-7-13(8-10-20)17(19)21/h5-6,12-13H,3-4,7-11H2,1-2H3,(H2,19,21). The fourth-order valence-corrected chi connectivity index (χ4v) is 2.80. The molecule has 0 saturated carbocycles. The summed E-state index contributed by atoms with van der Waals surface area (Å²) in [6, 6.07) is 5.24. The third-order valence-electron chi connectivity index (χ3n) is 4.35. The Morgan fingerprint density at radius 3 is 2.54 bits per heavy atom. The minimum atomic E-state index is -0.280. The summed E-state index contributed by atoms with van der Waals surface area (Å²) in [5, 5.41) is 0. The molecule has 2 amide bonds. The number of piperidine rings is 1. The predicted molar refractivity (Wildman–Crippen MR) is 91.2 cm³/mol. The maximum Gasteiger partial charge on any atom is 0.253 e. The molecule has 0 atom stereocenters. The Kier molecular flexibility index (Phi) is 6.46. The van der Waals surface area contributed by atoms with Gasteiger partial charge in [-0.2, -0.15) is 0 Å². The van der Waals surface area contributed by atoms with E-state index in [1.807, 2.05) is 0 Å². The molecule has 6 heteroatoms. The average Bonchev–Trinajstić information content (AvgIpc) is 2.61. The van der Waals surface area contributed by atoms with Crippen molar-refractivity contribution in [1.29, 1.82) is 0 Å². The Balaban J connectivity index is 2.03. The molecule has 0 spiro atoms.